The quantitative estimate of drug-likeness (QED) is 0.360. The summed E-state index contributed by atoms with van der Waals surface area (Å²) in [7, 11) is 0. The van der Waals surface area contributed by atoms with Gasteiger partial charge in [-0.05, 0) is 17.7 Å². The van der Waals surface area contributed by atoms with Gasteiger partial charge >= 0.3 is 0 Å². The molecule has 0 unspecified atom stereocenters. The molecule has 1 aromatic heterocycles. The summed E-state index contributed by atoms with van der Waals surface area (Å²) in [5.41, 5.74) is 3.17. The molecule has 3 rings (SSSR count). The van der Waals surface area contributed by atoms with Gasteiger partial charge < -0.3 is 5.32 Å². The maximum Gasteiger partial charge on any atom is 0.262 e. The molecule has 5 nitrogen and oxygen atoms in total. The topological polar surface area (TPSA) is 70.7 Å². The summed E-state index contributed by atoms with van der Waals surface area (Å²) in [5.74, 6) is -0.453. The molecular formula is C23H19ClN4O. The summed E-state index contributed by atoms with van der Waals surface area (Å²) in [4.78, 5) is 12.2. The summed E-state index contributed by atoms with van der Waals surface area (Å²) < 4.78 is 1.76. The van der Waals surface area contributed by atoms with E-state index in [1.165, 1.54) is 0 Å². The van der Waals surface area contributed by atoms with E-state index in [1.54, 1.807) is 16.8 Å². The minimum Gasteiger partial charge on any atom is -0.348 e. The molecule has 0 aliphatic heterocycles. The highest BCUT2D eigenvalue weighted by molar-refractivity contribution is 6.31. The third kappa shape index (κ3) is 5.01. The molecule has 0 spiro atoms. The van der Waals surface area contributed by atoms with Gasteiger partial charge in [0, 0.05) is 28.9 Å². The Bertz CT molecular complexity index is 1090. The lowest BCUT2D eigenvalue weighted by atomic mass is 10.1. The van der Waals surface area contributed by atoms with Crippen molar-refractivity contribution >= 4 is 23.6 Å². The molecule has 0 aliphatic carbocycles. The molecule has 1 N–H and O–H groups in total. The molecule has 0 radical (unpaired) electrons. The first-order chi connectivity index (χ1) is 14.1. The van der Waals surface area contributed by atoms with Gasteiger partial charge in [0.25, 0.3) is 5.91 Å². The zero-order valence-electron chi connectivity index (χ0n) is 15.7. The summed E-state index contributed by atoms with van der Waals surface area (Å²) in [5, 5.41) is 17.4. The zero-order chi connectivity index (χ0) is 20.6. The van der Waals surface area contributed by atoms with Crippen molar-refractivity contribution in [1.82, 2.24) is 15.1 Å². The van der Waals surface area contributed by atoms with Crippen LogP contribution in [0.1, 0.15) is 11.1 Å². The molecule has 6 heteroatoms. The second-order valence-corrected chi connectivity index (χ2v) is 6.66. The third-order valence-electron chi connectivity index (χ3n) is 4.20. The summed E-state index contributed by atoms with van der Waals surface area (Å²) >= 11 is 6.28. The van der Waals surface area contributed by atoms with Crippen LogP contribution in [-0.2, 0) is 11.3 Å². The molecule has 2 aromatic carbocycles. The maximum atomic E-state index is 12.2. The van der Waals surface area contributed by atoms with Gasteiger partial charge in [-0.3, -0.25) is 9.48 Å². The Labute approximate surface area is 174 Å². The maximum absolute atomic E-state index is 12.2. The minimum absolute atomic E-state index is 0.00123. The summed E-state index contributed by atoms with van der Waals surface area (Å²) in [6.07, 6.45) is 4.92. The molecule has 0 bridgehead atoms. The first kappa shape index (κ1) is 20.1. The van der Waals surface area contributed by atoms with Crippen LogP contribution in [0.15, 0.2) is 79.0 Å². The summed E-state index contributed by atoms with van der Waals surface area (Å²) in [6, 6.07) is 19.1. The second-order valence-electron chi connectivity index (χ2n) is 6.26. The number of hydrogen-bond donors (Lipinski definition) is 1. The molecule has 1 heterocycles. The molecule has 0 aliphatic rings. The van der Waals surface area contributed by atoms with Crippen molar-refractivity contribution in [2.24, 2.45) is 0 Å². The van der Waals surface area contributed by atoms with Crippen LogP contribution in [0.2, 0.25) is 5.02 Å². The number of rotatable bonds is 7. The van der Waals surface area contributed by atoms with Gasteiger partial charge in [0.05, 0.1) is 12.2 Å². The molecule has 144 valence electrons. The van der Waals surface area contributed by atoms with Crippen molar-refractivity contribution in [3.63, 3.8) is 0 Å². The van der Waals surface area contributed by atoms with Gasteiger partial charge in [0.1, 0.15) is 11.6 Å². The van der Waals surface area contributed by atoms with Crippen LogP contribution in [0, 0.1) is 11.3 Å². The van der Waals surface area contributed by atoms with Crippen molar-refractivity contribution in [3.05, 3.63) is 95.2 Å². The fourth-order valence-electron chi connectivity index (χ4n) is 2.81. The van der Waals surface area contributed by atoms with Crippen molar-refractivity contribution in [3.8, 4) is 17.3 Å². The number of benzene rings is 2. The molecule has 1 amide bonds. The van der Waals surface area contributed by atoms with Crippen LogP contribution < -0.4 is 5.32 Å². The van der Waals surface area contributed by atoms with Gasteiger partial charge in [-0.1, -0.05) is 66.2 Å². The van der Waals surface area contributed by atoms with Crippen LogP contribution >= 0.6 is 11.6 Å². The number of carbonyl (C=O) groups excluding carboxylic acids is 1. The molecule has 0 atom stereocenters. The van der Waals surface area contributed by atoms with Crippen molar-refractivity contribution in [1.29, 1.82) is 5.26 Å². The lowest BCUT2D eigenvalue weighted by molar-refractivity contribution is -0.116. The smallest absolute Gasteiger partial charge is 0.262 e. The molecular weight excluding hydrogens is 384 g/mol. The van der Waals surface area contributed by atoms with Gasteiger partial charge in [0.15, 0.2) is 0 Å². The second kappa shape index (κ2) is 9.54. The van der Waals surface area contributed by atoms with E-state index in [0.29, 0.717) is 22.8 Å². The minimum atomic E-state index is -0.453. The van der Waals surface area contributed by atoms with Crippen LogP contribution in [0.5, 0.6) is 0 Å². The van der Waals surface area contributed by atoms with Crippen LogP contribution in [0.3, 0.4) is 0 Å². The molecule has 0 saturated heterocycles. The van der Waals surface area contributed by atoms with E-state index >= 15 is 0 Å². The first-order valence-corrected chi connectivity index (χ1v) is 9.37. The van der Waals surface area contributed by atoms with Gasteiger partial charge in [-0.15, -0.1) is 6.58 Å². The molecule has 29 heavy (non-hydrogen) atoms. The lowest BCUT2D eigenvalue weighted by Gasteiger charge is -2.04. The van der Waals surface area contributed by atoms with E-state index in [0.717, 1.165) is 11.1 Å². The van der Waals surface area contributed by atoms with Crippen LogP contribution in [0.25, 0.3) is 17.3 Å². The highest BCUT2D eigenvalue weighted by Crippen LogP contribution is 2.25. The van der Waals surface area contributed by atoms with Crippen molar-refractivity contribution < 1.29 is 4.79 Å². The number of nitriles is 1. The number of halogens is 1. The van der Waals surface area contributed by atoms with Gasteiger partial charge in [-0.2, -0.15) is 10.4 Å². The molecule has 3 aromatic rings. The average molecular weight is 403 g/mol. The fraction of sp³-hybridized carbons (Fsp3) is 0.0870. The number of aromatic nitrogens is 2. The summed E-state index contributed by atoms with van der Waals surface area (Å²) in [6.45, 7) is 4.32. The van der Waals surface area contributed by atoms with E-state index in [4.69, 9.17) is 11.6 Å². The van der Waals surface area contributed by atoms with E-state index in [1.807, 2.05) is 66.9 Å². The Morgan fingerprint density at radius 3 is 2.62 bits per heavy atom. The van der Waals surface area contributed by atoms with Crippen molar-refractivity contribution in [2.45, 2.75) is 6.54 Å². The van der Waals surface area contributed by atoms with E-state index in [9.17, 15) is 10.1 Å². The van der Waals surface area contributed by atoms with Crippen LogP contribution in [0.4, 0.5) is 0 Å². The Balaban J connectivity index is 2.02. The van der Waals surface area contributed by atoms with E-state index < -0.39 is 5.91 Å². The van der Waals surface area contributed by atoms with Gasteiger partial charge in [-0.25, -0.2) is 0 Å². The molecule has 0 saturated carbocycles. The number of nitrogens with zero attached hydrogens (tertiary/aromatic N) is 3. The Hall–Kier alpha value is -3.62. The normalized spacial score (nSPS) is 11.0. The predicted molar refractivity (Wildman–Crippen MR) is 115 cm³/mol. The van der Waals surface area contributed by atoms with E-state index in [-0.39, 0.29) is 12.1 Å². The highest BCUT2D eigenvalue weighted by atomic mass is 35.5. The largest absolute Gasteiger partial charge is 0.348 e. The van der Waals surface area contributed by atoms with Crippen molar-refractivity contribution in [2.75, 3.05) is 6.54 Å². The Morgan fingerprint density at radius 1 is 1.21 bits per heavy atom. The average Bonchev–Trinajstić information content (AvgIpc) is 3.14. The zero-order valence-corrected chi connectivity index (χ0v) is 16.4. The number of hydrogen-bond acceptors (Lipinski definition) is 3. The SMILES string of the molecule is C=CCNC(=O)/C(C#N)=C/c1cn(Cc2ccccc2Cl)nc1-c1ccccc1. The molecule has 0 fully saturated rings. The standard InChI is InChI=1S/C23H19ClN4O/c1-2-12-26-23(29)19(14-25)13-20-16-28(15-18-10-6-7-11-21(18)24)27-22(20)17-8-4-3-5-9-17/h2-11,13,16H,1,12,15H2,(H,26,29)/b19-13+. The van der Waals surface area contributed by atoms with Gasteiger partial charge in [0.2, 0.25) is 0 Å². The Kier molecular flexibility index (Phi) is 6.62. The lowest BCUT2D eigenvalue weighted by Crippen LogP contribution is -2.24. The van der Waals surface area contributed by atoms with Crippen LogP contribution in [-0.4, -0.2) is 22.2 Å². The predicted octanol–water partition coefficient (Wildman–Crippen LogP) is 4.46. The van der Waals surface area contributed by atoms with E-state index in [2.05, 4.69) is 17.0 Å². The first-order valence-electron chi connectivity index (χ1n) is 8.99. The number of amides is 1. The number of carbonyl (C=O) groups is 1. The number of nitrogens with one attached hydrogen (secondary N) is 1. The monoisotopic (exact) mass is 402 g/mol. The third-order valence-corrected chi connectivity index (χ3v) is 4.57. The fourth-order valence-corrected chi connectivity index (χ4v) is 3.00. The Morgan fingerprint density at radius 2 is 1.93 bits per heavy atom. The highest BCUT2D eigenvalue weighted by Gasteiger charge is 2.14.